The van der Waals surface area contributed by atoms with E-state index in [4.69, 9.17) is 0 Å². The Morgan fingerprint density at radius 3 is 2.59 bits per heavy atom. The van der Waals surface area contributed by atoms with Crippen molar-refractivity contribution in [2.75, 3.05) is 20.1 Å². The van der Waals surface area contributed by atoms with E-state index in [1.165, 1.54) is 11.1 Å². The standard InChI is InChI=1S/C22H29N3O3S/c1-16-8-9-17(2)21(14-16)29(27,28)24-13-12-23-22(26)25(3)20-11-10-18-6-4-5-7-19(18)15-20/h4-9,14,20,24H,10-13,15H2,1-3H3,(H,23,26). The fraction of sp³-hybridized carbons (Fsp3) is 0.409. The molecule has 0 radical (unpaired) electrons. The highest BCUT2D eigenvalue weighted by Gasteiger charge is 2.25. The molecule has 1 atom stereocenters. The van der Waals surface area contributed by atoms with Crippen molar-refractivity contribution in [3.05, 3.63) is 64.7 Å². The molecule has 7 heteroatoms. The predicted octanol–water partition coefficient (Wildman–Crippen LogP) is 2.78. The van der Waals surface area contributed by atoms with Crippen LogP contribution in [-0.2, 0) is 22.9 Å². The molecule has 2 amide bonds. The monoisotopic (exact) mass is 415 g/mol. The molecule has 0 aliphatic heterocycles. The third kappa shape index (κ3) is 5.16. The number of nitrogens with one attached hydrogen (secondary N) is 2. The highest BCUT2D eigenvalue weighted by molar-refractivity contribution is 7.89. The molecular weight excluding hydrogens is 386 g/mol. The molecule has 1 aliphatic rings. The number of aryl methyl sites for hydroxylation is 3. The molecule has 1 aliphatic carbocycles. The zero-order valence-electron chi connectivity index (χ0n) is 17.2. The van der Waals surface area contributed by atoms with Crippen LogP contribution in [0.4, 0.5) is 4.79 Å². The zero-order chi connectivity index (χ0) is 21.0. The van der Waals surface area contributed by atoms with E-state index in [0.29, 0.717) is 5.56 Å². The Kier molecular flexibility index (Phi) is 6.59. The molecule has 1 unspecified atom stereocenters. The van der Waals surface area contributed by atoms with Crippen molar-refractivity contribution < 1.29 is 13.2 Å². The van der Waals surface area contributed by atoms with Crippen LogP contribution in [0, 0.1) is 13.8 Å². The fourth-order valence-corrected chi connectivity index (χ4v) is 5.09. The van der Waals surface area contributed by atoms with Gasteiger partial charge in [0.1, 0.15) is 0 Å². The van der Waals surface area contributed by atoms with Gasteiger partial charge in [-0.15, -0.1) is 0 Å². The van der Waals surface area contributed by atoms with Gasteiger partial charge in [0.2, 0.25) is 10.0 Å². The number of benzene rings is 2. The van der Waals surface area contributed by atoms with Crippen molar-refractivity contribution in [3.8, 4) is 0 Å². The third-order valence-corrected chi connectivity index (χ3v) is 7.12. The van der Waals surface area contributed by atoms with Crippen LogP contribution in [0.5, 0.6) is 0 Å². The van der Waals surface area contributed by atoms with Gasteiger partial charge in [0.25, 0.3) is 0 Å². The number of carbonyl (C=O) groups is 1. The molecule has 0 heterocycles. The first-order chi connectivity index (χ1) is 13.8. The van der Waals surface area contributed by atoms with Crippen LogP contribution in [0.2, 0.25) is 0 Å². The summed E-state index contributed by atoms with van der Waals surface area (Å²) in [6.07, 6.45) is 2.74. The van der Waals surface area contributed by atoms with E-state index in [1.807, 2.05) is 19.1 Å². The summed E-state index contributed by atoms with van der Waals surface area (Å²) < 4.78 is 27.6. The maximum Gasteiger partial charge on any atom is 0.317 e. The molecule has 0 fully saturated rings. The van der Waals surface area contributed by atoms with E-state index >= 15 is 0 Å². The predicted molar refractivity (Wildman–Crippen MR) is 115 cm³/mol. The minimum atomic E-state index is -3.60. The first-order valence-corrected chi connectivity index (χ1v) is 11.4. The van der Waals surface area contributed by atoms with Gasteiger partial charge in [-0.2, -0.15) is 0 Å². The van der Waals surface area contributed by atoms with Crippen LogP contribution in [0.1, 0.15) is 28.7 Å². The minimum absolute atomic E-state index is 0.142. The SMILES string of the molecule is Cc1ccc(C)c(S(=O)(=O)NCCNC(=O)N(C)C2CCc3ccccc3C2)c1. The van der Waals surface area contributed by atoms with Crippen molar-refractivity contribution in [1.82, 2.24) is 14.9 Å². The van der Waals surface area contributed by atoms with Crippen molar-refractivity contribution in [3.63, 3.8) is 0 Å². The average molecular weight is 416 g/mol. The normalized spacial score (nSPS) is 16.2. The Hall–Kier alpha value is -2.38. The highest BCUT2D eigenvalue weighted by atomic mass is 32.2. The van der Waals surface area contributed by atoms with E-state index in [0.717, 1.165) is 24.8 Å². The summed E-state index contributed by atoms with van der Waals surface area (Å²) in [6.45, 7) is 4.00. The second-order valence-electron chi connectivity index (χ2n) is 7.67. The van der Waals surface area contributed by atoms with Crippen molar-refractivity contribution in [2.24, 2.45) is 0 Å². The number of sulfonamides is 1. The van der Waals surface area contributed by atoms with Crippen LogP contribution in [0.25, 0.3) is 0 Å². The smallest absolute Gasteiger partial charge is 0.317 e. The summed E-state index contributed by atoms with van der Waals surface area (Å²) in [5, 5.41) is 2.81. The number of urea groups is 1. The molecule has 0 saturated heterocycles. The van der Waals surface area contributed by atoms with Crippen molar-refractivity contribution in [2.45, 2.75) is 44.0 Å². The number of hydrogen-bond acceptors (Lipinski definition) is 3. The Morgan fingerprint density at radius 2 is 1.83 bits per heavy atom. The number of fused-ring (bicyclic) bond motifs is 1. The van der Waals surface area contributed by atoms with Gasteiger partial charge in [0.05, 0.1) is 4.90 Å². The maximum atomic E-state index is 12.5. The van der Waals surface area contributed by atoms with Gasteiger partial charge in [0, 0.05) is 26.2 Å². The highest BCUT2D eigenvalue weighted by Crippen LogP contribution is 2.23. The summed E-state index contributed by atoms with van der Waals surface area (Å²) >= 11 is 0. The summed E-state index contributed by atoms with van der Waals surface area (Å²) in [7, 11) is -1.80. The van der Waals surface area contributed by atoms with Gasteiger partial charge >= 0.3 is 6.03 Å². The zero-order valence-corrected chi connectivity index (χ0v) is 18.1. The van der Waals surface area contributed by atoms with Gasteiger partial charge in [-0.05, 0) is 61.4 Å². The average Bonchev–Trinajstić information content (AvgIpc) is 2.71. The topological polar surface area (TPSA) is 78.5 Å². The van der Waals surface area contributed by atoms with Crippen molar-refractivity contribution in [1.29, 1.82) is 0 Å². The fourth-order valence-electron chi connectivity index (χ4n) is 3.73. The summed E-state index contributed by atoms with van der Waals surface area (Å²) in [5.74, 6) is 0. The van der Waals surface area contributed by atoms with E-state index in [9.17, 15) is 13.2 Å². The quantitative estimate of drug-likeness (QED) is 0.712. The molecule has 2 N–H and O–H groups in total. The van der Waals surface area contributed by atoms with Gasteiger partial charge in [-0.3, -0.25) is 0 Å². The van der Waals surface area contributed by atoms with E-state index in [1.54, 1.807) is 31.0 Å². The maximum absolute atomic E-state index is 12.5. The molecule has 0 saturated carbocycles. The molecule has 29 heavy (non-hydrogen) atoms. The van der Waals surface area contributed by atoms with Gasteiger partial charge in [-0.25, -0.2) is 17.9 Å². The molecule has 3 rings (SSSR count). The lowest BCUT2D eigenvalue weighted by atomic mass is 9.88. The van der Waals surface area contributed by atoms with Gasteiger partial charge in [-0.1, -0.05) is 36.4 Å². The van der Waals surface area contributed by atoms with E-state index < -0.39 is 10.0 Å². The van der Waals surface area contributed by atoms with Crippen LogP contribution < -0.4 is 10.0 Å². The second kappa shape index (κ2) is 8.97. The number of rotatable bonds is 6. The Bertz CT molecular complexity index is 989. The molecule has 0 aromatic heterocycles. The van der Waals surface area contributed by atoms with Gasteiger partial charge < -0.3 is 10.2 Å². The number of amides is 2. The van der Waals surface area contributed by atoms with Crippen LogP contribution >= 0.6 is 0 Å². The summed E-state index contributed by atoms with van der Waals surface area (Å²) in [4.78, 5) is 14.5. The molecule has 0 spiro atoms. The van der Waals surface area contributed by atoms with Crippen LogP contribution in [-0.4, -0.2) is 45.5 Å². The Labute approximate surface area is 173 Å². The number of nitrogens with zero attached hydrogens (tertiary/aromatic N) is 1. The van der Waals surface area contributed by atoms with Gasteiger partial charge in [0.15, 0.2) is 0 Å². The molecule has 0 bridgehead atoms. The summed E-state index contributed by atoms with van der Waals surface area (Å²) in [5.41, 5.74) is 4.24. The van der Waals surface area contributed by atoms with Crippen LogP contribution in [0.3, 0.4) is 0 Å². The Balaban J connectivity index is 1.49. The lowest BCUT2D eigenvalue weighted by Gasteiger charge is -2.32. The third-order valence-electron chi connectivity index (χ3n) is 5.52. The molecule has 2 aromatic rings. The lowest BCUT2D eigenvalue weighted by molar-refractivity contribution is 0.184. The number of carbonyl (C=O) groups excluding carboxylic acids is 1. The molecule has 2 aromatic carbocycles. The van der Waals surface area contributed by atoms with E-state index in [2.05, 4.69) is 28.2 Å². The molecule has 156 valence electrons. The molecule has 6 nitrogen and oxygen atoms in total. The first-order valence-electron chi connectivity index (χ1n) is 9.92. The van der Waals surface area contributed by atoms with Crippen LogP contribution in [0.15, 0.2) is 47.4 Å². The molecular formula is C22H29N3O3S. The largest absolute Gasteiger partial charge is 0.337 e. The number of likely N-dealkylation sites (N-methyl/N-ethyl adjacent to an activating group) is 1. The summed E-state index contributed by atoms with van der Waals surface area (Å²) in [6, 6.07) is 13.7. The minimum Gasteiger partial charge on any atom is -0.337 e. The number of hydrogen-bond donors (Lipinski definition) is 2. The first kappa shape index (κ1) is 21.3. The Morgan fingerprint density at radius 1 is 1.10 bits per heavy atom. The van der Waals surface area contributed by atoms with Crippen molar-refractivity contribution >= 4 is 16.1 Å². The second-order valence-corrected chi connectivity index (χ2v) is 9.41. The van der Waals surface area contributed by atoms with E-state index in [-0.39, 0.29) is 30.1 Å². The lowest BCUT2D eigenvalue weighted by Crippen LogP contribution is -2.47.